The lowest BCUT2D eigenvalue weighted by atomic mass is 10.3. The fourth-order valence-electron chi connectivity index (χ4n) is 0.810. The van der Waals surface area contributed by atoms with Gasteiger partial charge in [0.1, 0.15) is 0 Å². The van der Waals surface area contributed by atoms with Crippen molar-refractivity contribution in [3.63, 3.8) is 0 Å². The number of hydrogen-bond donors (Lipinski definition) is 1. The van der Waals surface area contributed by atoms with Gasteiger partial charge in [0.05, 0.1) is 0 Å². The SMILES string of the molecule is CC#Cc1cccc(O)c(=O)c1. The van der Waals surface area contributed by atoms with Crippen LogP contribution in [0.3, 0.4) is 0 Å². The molecule has 2 nitrogen and oxygen atoms in total. The van der Waals surface area contributed by atoms with Crippen LogP contribution in [0.25, 0.3) is 0 Å². The van der Waals surface area contributed by atoms with Crippen molar-refractivity contribution in [2.75, 3.05) is 0 Å². The molecular formula is C10H8O2. The largest absolute Gasteiger partial charge is 0.504 e. The Balaban J connectivity index is 3.38. The van der Waals surface area contributed by atoms with Gasteiger partial charge in [-0.05, 0) is 19.1 Å². The van der Waals surface area contributed by atoms with Crippen molar-refractivity contribution in [3.8, 4) is 17.6 Å². The average Bonchev–Trinajstić information content (AvgIpc) is 2.16. The molecular weight excluding hydrogens is 152 g/mol. The minimum atomic E-state index is -0.405. The first kappa shape index (κ1) is 8.35. The molecule has 0 fully saturated rings. The van der Waals surface area contributed by atoms with Crippen molar-refractivity contribution < 1.29 is 5.11 Å². The first-order chi connectivity index (χ1) is 5.74. The van der Waals surface area contributed by atoms with Gasteiger partial charge in [-0.3, -0.25) is 4.79 Å². The van der Waals surface area contributed by atoms with Gasteiger partial charge < -0.3 is 5.11 Å². The highest BCUT2D eigenvalue weighted by Crippen LogP contribution is 1.99. The maximum atomic E-state index is 11.0. The van der Waals surface area contributed by atoms with E-state index in [9.17, 15) is 4.79 Å². The summed E-state index contributed by atoms with van der Waals surface area (Å²) in [6.45, 7) is 1.69. The van der Waals surface area contributed by atoms with E-state index in [1.807, 2.05) is 0 Å². The molecule has 0 amide bonds. The van der Waals surface area contributed by atoms with Crippen LogP contribution >= 0.6 is 0 Å². The minimum absolute atomic E-state index is 0.251. The highest BCUT2D eigenvalue weighted by atomic mass is 16.3. The third kappa shape index (κ3) is 1.86. The Labute approximate surface area is 70.5 Å². The molecule has 0 heterocycles. The maximum Gasteiger partial charge on any atom is 0.221 e. The monoisotopic (exact) mass is 160 g/mol. The van der Waals surface area contributed by atoms with E-state index in [0.29, 0.717) is 5.56 Å². The molecule has 1 rings (SSSR count). The summed E-state index contributed by atoms with van der Waals surface area (Å²) in [6, 6.07) is 5.93. The van der Waals surface area contributed by atoms with Crippen molar-refractivity contribution in [2.45, 2.75) is 6.92 Å². The molecule has 0 spiro atoms. The zero-order valence-corrected chi connectivity index (χ0v) is 6.66. The van der Waals surface area contributed by atoms with Crippen LogP contribution in [0.15, 0.2) is 29.1 Å². The van der Waals surface area contributed by atoms with E-state index >= 15 is 0 Å². The van der Waals surface area contributed by atoms with Gasteiger partial charge in [-0.1, -0.05) is 12.0 Å². The van der Waals surface area contributed by atoms with Gasteiger partial charge in [-0.15, -0.1) is 5.92 Å². The van der Waals surface area contributed by atoms with Crippen molar-refractivity contribution in [1.29, 1.82) is 0 Å². The number of rotatable bonds is 0. The van der Waals surface area contributed by atoms with Crippen LogP contribution in [0.1, 0.15) is 12.5 Å². The summed E-state index contributed by atoms with van der Waals surface area (Å²) < 4.78 is 0. The van der Waals surface area contributed by atoms with E-state index in [2.05, 4.69) is 11.8 Å². The molecule has 0 aliphatic carbocycles. The van der Waals surface area contributed by atoms with Crippen LogP contribution in [-0.4, -0.2) is 5.11 Å². The third-order valence-electron chi connectivity index (χ3n) is 1.34. The standard InChI is InChI=1S/C10H8O2/c1-2-4-8-5-3-6-9(11)10(12)7-8/h3,5-7H,1H3,(H,11,12). The van der Waals surface area contributed by atoms with Gasteiger partial charge in [0.15, 0.2) is 5.75 Å². The Morgan fingerprint density at radius 3 is 2.83 bits per heavy atom. The molecule has 2 heteroatoms. The summed E-state index contributed by atoms with van der Waals surface area (Å²) in [5.74, 6) is 5.16. The zero-order valence-electron chi connectivity index (χ0n) is 6.66. The molecule has 60 valence electrons. The van der Waals surface area contributed by atoms with Crippen LogP contribution in [0.5, 0.6) is 5.75 Å². The normalized spacial score (nSPS) is 8.42. The molecule has 0 unspecified atom stereocenters. The van der Waals surface area contributed by atoms with Gasteiger partial charge in [-0.25, -0.2) is 0 Å². The Hall–Kier alpha value is -1.75. The highest BCUT2D eigenvalue weighted by Gasteiger charge is 1.92. The molecule has 0 aliphatic rings. The van der Waals surface area contributed by atoms with Gasteiger partial charge in [0.2, 0.25) is 5.43 Å². The smallest absolute Gasteiger partial charge is 0.221 e. The molecule has 12 heavy (non-hydrogen) atoms. The van der Waals surface area contributed by atoms with E-state index < -0.39 is 5.43 Å². The zero-order chi connectivity index (χ0) is 8.97. The third-order valence-corrected chi connectivity index (χ3v) is 1.34. The number of hydrogen-bond acceptors (Lipinski definition) is 2. The lowest BCUT2D eigenvalue weighted by Crippen LogP contribution is -1.93. The molecule has 1 aromatic carbocycles. The van der Waals surface area contributed by atoms with Crippen LogP contribution in [0.2, 0.25) is 0 Å². The van der Waals surface area contributed by atoms with E-state index in [0.717, 1.165) is 0 Å². The lowest BCUT2D eigenvalue weighted by Gasteiger charge is -1.77. The van der Waals surface area contributed by atoms with Crippen LogP contribution in [0.4, 0.5) is 0 Å². The molecule has 0 atom stereocenters. The maximum absolute atomic E-state index is 11.0. The second-order valence-electron chi connectivity index (χ2n) is 2.25. The van der Waals surface area contributed by atoms with Gasteiger partial charge in [0.25, 0.3) is 0 Å². The summed E-state index contributed by atoms with van der Waals surface area (Å²) in [5.41, 5.74) is 0.209. The second-order valence-corrected chi connectivity index (χ2v) is 2.25. The predicted octanol–water partition coefficient (Wildman–Crippen LogP) is 1.12. The van der Waals surface area contributed by atoms with E-state index in [1.54, 1.807) is 19.1 Å². The van der Waals surface area contributed by atoms with Crippen molar-refractivity contribution in [1.82, 2.24) is 0 Å². The minimum Gasteiger partial charge on any atom is -0.504 e. The Kier molecular flexibility index (Phi) is 2.49. The molecule has 0 aliphatic heterocycles. The molecule has 0 bridgehead atoms. The predicted molar refractivity (Wildman–Crippen MR) is 46.9 cm³/mol. The van der Waals surface area contributed by atoms with Crippen molar-refractivity contribution in [2.24, 2.45) is 0 Å². The molecule has 0 radical (unpaired) electrons. The van der Waals surface area contributed by atoms with Gasteiger partial charge in [0, 0.05) is 11.6 Å². The molecule has 0 aromatic heterocycles. The Morgan fingerprint density at radius 1 is 1.42 bits per heavy atom. The highest BCUT2D eigenvalue weighted by molar-refractivity contribution is 5.35. The fourth-order valence-corrected chi connectivity index (χ4v) is 0.810. The van der Waals surface area contributed by atoms with Crippen LogP contribution in [0, 0.1) is 11.8 Å². The summed E-state index contributed by atoms with van der Waals surface area (Å²) in [6.07, 6.45) is 0. The van der Waals surface area contributed by atoms with E-state index in [-0.39, 0.29) is 5.75 Å². The first-order valence-electron chi connectivity index (χ1n) is 3.50. The number of aromatic hydroxyl groups is 1. The van der Waals surface area contributed by atoms with Crippen LogP contribution in [-0.2, 0) is 0 Å². The summed E-state index contributed by atoms with van der Waals surface area (Å²) >= 11 is 0. The summed E-state index contributed by atoms with van der Waals surface area (Å²) in [5, 5.41) is 9.01. The second kappa shape index (κ2) is 3.59. The van der Waals surface area contributed by atoms with Gasteiger partial charge >= 0.3 is 0 Å². The first-order valence-corrected chi connectivity index (χ1v) is 3.50. The Morgan fingerprint density at radius 2 is 2.17 bits per heavy atom. The molecule has 1 aromatic rings. The average molecular weight is 160 g/mol. The molecule has 0 saturated heterocycles. The molecule has 1 N–H and O–H groups in total. The summed E-state index contributed by atoms with van der Waals surface area (Å²) in [4.78, 5) is 11.0. The summed E-state index contributed by atoms with van der Waals surface area (Å²) in [7, 11) is 0. The van der Waals surface area contributed by atoms with E-state index in [4.69, 9.17) is 5.11 Å². The van der Waals surface area contributed by atoms with E-state index in [1.165, 1.54) is 12.1 Å². The van der Waals surface area contributed by atoms with Gasteiger partial charge in [-0.2, -0.15) is 0 Å². The van der Waals surface area contributed by atoms with Crippen molar-refractivity contribution in [3.05, 3.63) is 40.1 Å². The van der Waals surface area contributed by atoms with Crippen LogP contribution < -0.4 is 5.43 Å². The quantitative estimate of drug-likeness (QED) is 0.577. The topological polar surface area (TPSA) is 37.3 Å². The molecule has 0 saturated carbocycles. The fraction of sp³-hybridized carbons (Fsp3) is 0.100. The Bertz CT molecular complexity index is 397. The lowest BCUT2D eigenvalue weighted by molar-refractivity contribution is 0.471. The van der Waals surface area contributed by atoms with Crippen molar-refractivity contribution >= 4 is 0 Å².